The molecule has 0 aliphatic rings. The van der Waals surface area contributed by atoms with Gasteiger partial charge in [0, 0.05) is 12.5 Å². The standard InChI is InChI=1S/C22H30O12/c1-11(24)4-19(29)33-13(3)6-20(30)32-12(2)5-14-7-15(25)8-17(26)21(14)22(31)34-16(10-23)9-18(27)28/h7-8,11-13,16,23-26H,4-6,9-10H2,1-3H3,(H,27,28). The lowest BCUT2D eigenvalue weighted by molar-refractivity contribution is -0.157. The van der Waals surface area contributed by atoms with Gasteiger partial charge in [0.25, 0.3) is 0 Å². The number of benzene rings is 1. The average molecular weight is 486 g/mol. The number of phenolic OH excluding ortho intramolecular Hbond substituents is 2. The van der Waals surface area contributed by atoms with E-state index in [1.807, 2.05) is 0 Å². The molecular weight excluding hydrogens is 456 g/mol. The highest BCUT2D eigenvalue weighted by Crippen LogP contribution is 2.30. The number of ether oxygens (including phenoxy) is 3. The number of aromatic hydroxyl groups is 2. The molecule has 0 saturated heterocycles. The number of aliphatic carboxylic acids is 1. The maximum absolute atomic E-state index is 12.5. The van der Waals surface area contributed by atoms with E-state index in [1.54, 1.807) is 0 Å². The van der Waals surface area contributed by atoms with Crippen molar-refractivity contribution in [2.24, 2.45) is 0 Å². The van der Waals surface area contributed by atoms with Crippen molar-refractivity contribution in [3.63, 3.8) is 0 Å². The highest BCUT2D eigenvalue weighted by Gasteiger charge is 2.26. The van der Waals surface area contributed by atoms with Gasteiger partial charge < -0.3 is 39.7 Å². The number of carbonyl (C=O) groups excluding carboxylic acids is 3. The first-order valence-electron chi connectivity index (χ1n) is 10.5. The Kier molecular flexibility index (Phi) is 11.3. The van der Waals surface area contributed by atoms with Crippen LogP contribution in [0.3, 0.4) is 0 Å². The van der Waals surface area contributed by atoms with E-state index in [2.05, 4.69) is 0 Å². The number of aliphatic hydroxyl groups is 2. The van der Waals surface area contributed by atoms with Crippen LogP contribution in [0.25, 0.3) is 0 Å². The highest BCUT2D eigenvalue weighted by molar-refractivity contribution is 5.94. The smallest absolute Gasteiger partial charge is 0.342 e. The molecule has 1 aromatic rings. The maximum Gasteiger partial charge on any atom is 0.342 e. The first-order valence-corrected chi connectivity index (χ1v) is 10.5. The van der Waals surface area contributed by atoms with Gasteiger partial charge in [-0.25, -0.2) is 4.79 Å². The Morgan fingerprint density at radius 2 is 1.47 bits per heavy atom. The minimum atomic E-state index is -1.36. The number of esters is 3. The van der Waals surface area contributed by atoms with Crippen LogP contribution in [0.4, 0.5) is 0 Å². The first kappa shape index (κ1) is 28.7. The van der Waals surface area contributed by atoms with Crippen molar-refractivity contribution in [2.75, 3.05) is 6.61 Å². The van der Waals surface area contributed by atoms with E-state index in [0.717, 1.165) is 12.1 Å². The van der Waals surface area contributed by atoms with Gasteiger partial charge in [-0.15, -0.1) is 0 Å². The van der Waals surface area contributed by atoms with Gasteiger partial charge in [0.05, 0.1) is 32.0 Å². The Balaban J connectivity index is 2.86. The van der Waals surface area contributed by atoms with E-state index in [1.165, 1.54) is 20.8 Å². The molecule has 0 fully saturated rings. The SMILES string of the molecule is CC(O)CC(=O)OC(C)CC(=O)OC(C)Cc1cc(O)cc(O)c1C(=O)OC(CO)CC(=O)O. The Labute approximate surface area is 195 Å². The summed E-state index contributed by atoms with van der Waals surface area (Å²) < 4.78 is 15.2. The van der Waals surface area contributed by atoms with Crippen LogP contribution >= 0.6 is 0 Å². The van der Waals surface area contributed by atoms with E-state index >= 15 is 0 Å². The quantitative estimate of drug-likeness (QED) is 0.193. The zero-order valence-corrected chi connectivity index (χ0v) is 19.1. The van der Waals surface area contributed by atoms with Crippen LogP contribution in [0.5, 0.6) is 11.5 Å². The minimum Gasteiger partial charge on any atom is -0.508 e. The van der Waals surface area contributed by atoms with Crippen LogP contribution in [0, 0.1) is 0 Å². The zero-order chi connectivity index (χ0) is 26.0. The van der Waals surface area contributed by atoms with Gasteiger partial charge in [0.1, 0.15) is 35.4 Å². The lowest BCUT2D eigenvalue weighted by Crippen LogP contribution is -2.27. The van der Waals surface area contributed by atoms with Crippen LogP contribution in [0.2, 0.25) is 0 Å². The Hall–Kier alpha value is -3.38. The van der Waals surface area contributed by atoms with Crippen LogP contribution in [-0.4, -0.2) is 80.4 Å². The second-order valence-electron chi connectivity index (χ2n) is 7.87. The second-order valence-corrected chi connectivity index (χ2v) is 7.87. The van der Waals surface area contributed by atoms with Gasteiger partial charge in [-0.1, -0.05) is 0 Å². The first-order chi connectivity index (χ1) is 15.8. The molecule has 4 unspecified atom stereocenters. The molecule has 12 nitrogen and oxygen atoms in total. The molecule has 190 valence electrons. The van der Waals surface area contributed by atoms with Gasteiger partial charge in [-0.3, -0.25) is 14.4 Å². The number of hydrogen-bond acceptors (Lipinski definition) is 11. The number of rotatable bonds is 13. The Morgan fingerprint density at radius 3 is 2.03 bits per heavy atom. The van der Waals surface area contributed by atoms with E-state index < -0.39 is 67.1 Å². The summed E-state index contributed by atoms with van der Waals surface area (Å²) in [7, 11) is 0. The molecule has 34 heavy (non-hydrogen) atoms. The number of carboxylic acids is 1. The molecule has 0 aliphatic heterocycles. The third kappa shape index (κ3) is 10.0. The Bertz CT molecular complexity index is 879. The van der Waals surface area contributed by atoms with Crippen molar-refractivity contribution in [3.8, 4) is 11.5 Å². The number of aliphatic hydroxyl groups excluding tert-OH is 2. The highest BCUT2D eigenvalue weighted by atomic mass is 16.6. The molecule has 0 heterocycles. The number of hydrogen-bond donors (Lipinski definition) is 5. The van der Waals surface area contributed by atoms with Crippen molar-refractivity contribution in [2.45, 2.75) is 70.9 Å². The number of phenols is 2. The van der Waals surface area contributed by atoms with Crippen molar-refractivity contribution in [1.29, 1.82) is 0 Å². The molecule has 0 spiro atoms. The molecule has 4 atom stereocenters. The van der Waals surface area contributed by atoms with Crippen LogP contribution in [-0.2, 0) is 35.0 Å². The molecule has 1 aromatic carbocycles. The monoisotopic (exact) mass is 486 g/mol. The van der Waals surface area contributed by atoms with Crippen LogP contribution in [0.15, 0.2) is 12.1 Å². The topological polar surface area (TPSA) is 197 Å². The van der Waals surface area contributed by atoms with E-state index in [0.29, 0.717) is 0 Å². The predicted molar refractivity (Wildman–Crippen MR) is 114 cm³/mol. The van der Waals surface area contributed by atoms with Crippen LogP contribution in [0.1, 0.15) is 56.0 Å². The summed E-state index contributed by atoms with van der Waals surface area (Å²) in [5.41, 5.74) is -0.337. The largest absolute Gasteiger partial charge is 0.508 e. The van der Waals surface area contributed by atoms with Gasteiger partial charge in [0.2, 0.25) is 0 Å². The molecule has 0 amide bonds. The lowest BCUT2D eigenvalue weighted by Gasteiger charge is -2.19. The van der Waals surface area contributed by atoms with Gasteiger partial charge >= 0.3 is 23.9 Å². The molecule has 0 aliphatic carbocycles. The van der Waals surface area contributed by atoms with Crippen molar-refractivity contribution in [1.82, 2.24) is 0 Å². The third-order valence-corrected chi connectivity index (χ3v) is 4.36. The summed E-state index contributed by atoms with van der Waals surface area (Å²) in [5, 5.41) is 47.2. The van der Waals surface area contributed by atoms with E-state index in [9.17, 15) is 39.6 Å². The summed E-state index contributed by atoms with van der Waals surface area (Å²) in [5.74, 6) is -4.88. The summed E-state index contributed by atoms with van der Waals surface area (Å²) in [6.07, 6.45) is -5.22. The van der Waals surface area contributed by atoms with Gasteiger partial charge in [-0.2, -0.15) is 0 Å². The average Bonchev–Trinajstić information content (AvgIpc) is 2.64. The van der Waals surface area contributed by atoms with E-state index in [4.69, 9.17) is 19.3 Å². The normalized spacial score (nSPS) is 14.4. The molecule has 0 saturated carbocycles. The summed E-state index contributed by atoms with van der Waals surface area (Å²) in [6, 6.07) is 2.03. The molecule has 0 radical (unpaired) electrons. The summed E-state index contributed by atoms with van der Waals surface area (Å²) in [4.78, 5) is 47.1. The Morgan fingerprint density at radius 1 is 0.882 bits per heavy atom. The fraction of sp³-hybridized carbons (Fsp3) is 0.545. The lowest BCUT2D eigenvalue weighted by atomic mass is 10.00. The van der Waals surface area contributed by atoms with E-state index in [-0.39, 0.29) is 36.1 Å². The van der Waals surface area contributed by atoms with Crippen molar-refractivity contribution < 1.29 is 58.9 Å². The van der Waals surface area contributed by atoms with Crippen LogP contribution < -0.4 is 0 Å². The summed E-state index contributed by atoms with van der Waals surface area (Å²) >= 11 is 0. The second kappa shape index (κ2) is 13.4. The fourth-order valence-corrected chi connectivity index (χ4v) is 3.03. The number of carbonyl (C=O) groups is 4. The molecule has 0 aromatic heterocycles. The fourth-order valence-electron chi connectivity index (χ4n) is 3.03. The molecule has 1 rings (SSSR count). The molecular formula is C22H30O12. The summed E-state index contributed by atoms with van der Waals surface area (Å²) in [6.45, 7) is 3.61. The molecule has 0 bridgehead atoms. The van der Waals surface area contributed by atoms with Gasteiger partial charge in [-0.05, 0) is 32.4 Å². The zero-order valence-electron chi connectivity index (χ0n) is 19.1. The van der Waals surface area contributed by atoms with Gasteiger partial charge in [0.15, 0.2) is 0 Å². The predicted octanol–water partition coefficient (Wildman–Crippen LogP) is 0.657. The third-order valence-electron chi connectivity index (χ3n) is 4.36. The number of carboxylic acid groups (broad SMARTS) is 1. The molecule has 12 heteroatoms. The minimum absolute atomic E-state index is 0.0474. The van der Waals surface area contributed by atoms with Crippen molar-refractivity contribution in [3.05, 3.63) is 23.3 Å². The maximum atomic E-state index is 12.5. The molecule has 5 N–H and O–H groups in total. The van der Waals surface area contributed by atoms with Crippen molar-refractivity contribution >= 4 is 23.9 Å².